The largest absolute Gasteiger partial charge is 0.350 e. The minimum Gasteiger partial charge on any atom is -0.350 e. The van der Waals surface area contributed by atoms with Crippen molar-refractivity contribution in [3.8, 4) is 0 Å². The van der Waals surface area contributed by atoms with Crippen LogP contribution in [0.25, 0.3) is 0 Å². The van der Waals surface area contributed by atoms with Crippen LogP contribution in [0.5, 0.6) is 0 Å². The van der Waals surface area contributed by atoms with Crippen molar-refractivity contribution in [3.05, 3.63) is 29.3 Å². The number of nitrogens with one attached hydrogen (secondary N) is 2. The molecule has 1 amide bonds. The predicted molar refractivity (Wildman–Crippen MR) is 111 cm³/mol. The molecule has 0 aliphatic carbocycles. The lowest BCUT2D eigenvalue weighted by Gasteiger charge is -2.45. The molecule has 2 rings (SSSR count). The first kappa shape index (κ1) is 21.7. The van der Waals surface area contributed by atoms with Crippen LogP contribution in [0.3, 0.4) is 0 Å². The maximum Gasteiger partial charge on any atom is 0.251 e. The van der Waals surface area contributed by atoms with Gasteiger partial charge in [-0.3, -0.25) is 14.4 Å². The molecular formula is C20H33N3O3S. The third-order valence-corrected chi connectivity index (χ3v) is 5.79. The molecule has 1 aliphatic heterocycles. The first-order valence-corrected chi connectivity index (χ1v) is 11.4. The molecule has 0 spiro atoms. The van der Waals surface area contributed by atoms with Crippen LogP contribution in [0.2, 0.25) is 0 Å². The van der Waals surface area contributed by atoms with Crippen LogP contribution in [-0.4, -0.2) is 50.7 Å². The van der Waals surface area contributed by atoms with Gasteiger partial charge in [0.25, 0.3) is 5.91 Å². The standard InChI is InChI=1S/C20H33N3O3S/c1-14-9-15(2)12-23(11-14)20(4,5)13-21-19(24)17-8-7-16(3)18(10-17)22-27(6,25)26/h7-8,10,14-15,22H,9,11-13H2,1-6H3,(H,21,24). The van der Waals surface area contributed by atoms with Crippen LogP contribution < -0.4 is 10.0 Å². The fourth-order valence-electron chi connectivity index (χ4n) is 3.74. The smallest absolute Gasteiger partial charge is 0.251 e. The van der Waals surface area contributed by atoms with E-state index in [1.807, 2.05) is 0 Å². The molecule has 27 heavy (non-hydrogen) atoms. The second kappa shape index (κ2) is 8.19. The summed E-state index contributed by atoms with van der Waals surface area (Å²) in [4.78, 5) is 15.1. The molecule has 7 heteroatoms. The van der Waals surface area contributed by atoms with Crippen LogP contribution in [0.4, 0.5) is 5.69 Å². The van der Waals surface area contributed by atoms with Crippen molar-refractivity contribution in [2.45, 2.75) is 46.6 Å². The van der Waals surface area contributed by atoms with Gasteiger partial charge in [0, 0.05) is 30.7 Å². The number of amides is 1. The topological polar surface area (TPSA) is 78.5 Å². The number of hydrogen-bond donors (Lipinski definition) is 2. The number of carbonyl (C=O) groups excluding carboxylic acids is 1. The van der Waals surface area contributed by atoms with E-state index in [0.717, 1.165) is 24.9 Å². The quantitative estimate of drug-likeness (QED) is 0.776. The average Bonchev–Trinajstić information content (AvgIpc) is 2.52. The Kier molecular flexibility index (Phi) is 6.58. The Morgan fingerprint density at radius 3 is 2.37 bits per heavy atom. The summed E-state index contributed by atoms with van der Waals surface area (Å²) in [5, 5.41) is 3.02. The Labute approximate surface area is 163 Å². The molecule has 2 atom stereocenters. The fraction of sp³-hybridized carbons (Fsp3) is 0.650. The zero-order chi connectivity index (χ0) is 20.4. The van der Waals surface area contributed by atoms with Gasteiger partial charge in [-0.1, -0.05) is 19.9 Å². The number of hydrogen-bond acceptors (Lipinski definition) is 4. The van der Waals surface area contributed by atoms with E-state index < -0.39 is 10.0 Å². The number of rotatable bonds is 6. The average molecular weight is 396 g/mol. The second-order valence-corrected chi connectivity index (χ2v) is 10.5. The van der Waals surface area contributed by atoms with Crippen molar-refractivity contribution in [2.75, 3.05) is 30.6 Å². The molecular weight excluding hydrogens is 362 g/mol. The highest BCUT2D eigenvalue weighted by molar-refractivity contribution is 7.92. The molecule has 1 fully saturated rings. The Morgan fingerprint density at radius 1 is 1.22 bits per heavy atom. The monoisotopic (exact) mass is 395 g/mol. The van der Waals surface area contributed by atoms with E-state index in [1.165, 1.54) is 6.42 Å². The fourth-order valence-corrected chi connectivity index (χ4v) is 4.36. The van der Waals surface area contributed by atoms with Gasteiger partial charge < -0.3 is 5.32 Å². The van der Waals surface area contributed by atoms with Crippen LogP contribution in [0.15, 0.2) is 18.2 Å². The minimum absolute atomic E-state index is 0.142. The number of piperidine rings is 1. The summed E-state index contributed by atoms with van der Waals surface area (Å²) < 4.78 is 25.5. The SMILES string of the molecule is Cc1ccc(C(=O)NCC(C)(C)N2CC(C)CC(C)C2)cc1NS(C)(=O)=O. The van der Waals surface area contributed by atoms with Gasteiger partial charge >= 0.3 is 0 Å². The lowest BCUT2D eigenvalue weighted by molar-refractivity contribution is 0.0445. The van der Waals surface area contributed by atoms with Crippen LogP contribution in [0, 0.1) is 18.8 Å². The Morgan fingerprint density at radius 2 is 1.81 bits per heavy atom. The molecule has 0 aromatic heterocycles. The number of nitrogens with zero attached hydrogens (tertiary/aromatic N) is 1. The molecule has 0 bridgehead atoms. The molecule has 2 N–H and O–H groups in total. The first-order chi connectivity index (χ1) is 12.4. The molecule has 0 saturated carbocycles. The van der Waals surface area contributed by atoms with Crippen molar-refractivity contribution < 1.29 is 13.2 Å². The second-order valence-electron chi connectivity index (χ2n) is 8.75. The summed E-state index contributed by atoms with van der Waals surface area (Å²) in [6.07, 6.45) is 2.35. The van der Waals surface area contributed by atoms with Crippen molar-refractivity contribution in [1.29, 1.82) is 0 Å². The zero-order valence-corrected chi connectivity index (χ0v) is 18.1. The van der Waals surface area contributed by atoms with E-state index in [-0.39, 0.29) is 11.4 Å². The molecule has 1 aromatic rings. The number of aryl methyl sites for hydroxylation is 1. The van der Waals surface area contributed by atoms with Crippen molar-refractivity contribution in [2.24, 2.45) is 11.8 Å². The normalized spacial score (nSPS) is 21.7. The number of benzene rings is 1. The lowest BCUT2D eigenvalue weighted by atomic mass is 9.88. The van der Waals surface area contributed by atoms with E-state index >= 15 is 0 Å². The van der Waals surface area contributed by atoms with Gasteiger partial charge in [-0.05, 0) is 56.7 Å². The van der Waals surface area contributed by atoms with Crippen molar-refractivity contribution >= 4 is 21.6 Å². The number of likely N-dealkylation sites (tertiary alicyclic amines) is 1. The highest BCUT2D eigenvalue weighted by Crippen LogP contribution is 2.27. The van der Waals surface area contributed by atoms with E-state index in [9.17, 15) is 13.2 Å². The van der Waals surface area contributed by atoms with Crippen LogP contribution >= 0.6 is 0 Å². The van der Waals surface area contributed by atoms with E-state index in [1.54, 1.807) is 25.1 Å². The van der Waals surface area contributed by atoms with Crippen LogP contribution in [-0.2, 0) is 10.0 Å². The maximum absolute atomic E-state index is 12.6. The van der Waals surface area contributed by atoms with Crippen LogP contribution in [0.1, 0.15) is 50.0 Å². The first-order valence-electron chi connectivity index (χ1n) is 9.49. The summed E-state index contributed by atoms with van der Waals surface area (Å²) in [6, 6.07) is 5.06. The zero-order valence-electron chi connectivity index (χ0n) is 17.3. The molecule has 1 saturated heterocycles. The third-order valence-electron chi connectivity index (χ3n) is 5.20. The molecule has 1 heterocycles. The van der Waals surface area contributed by atoms with Crippen molar-refractivity contribution in [3.63, 3.8) is 0 Å². The summed E-state index contributed by atoms with van der Waals surface area (Å²) >= 11 is 0. The molecule has 1 aliphatic rings. The highest BCUT2D eigenvalue weighted by Gasteiger charge is 2.33. The Balaban J connectivity index is 2.05. The number of sulfonamides is 1. The molecule has 2 unspecified atom stereocenters. The summed E-state index contributed by atoms with van der Waals surface area (Å²) in [7, 11) is -3.39. The lowest BCUT2D eigenvalue weighted by Crippen LogP contribution is -2.56. The van der Waals surface area contributed by atoms with E-state index in [4.69, 9.17) is 0 Å². The van der Waals surface area contributed by atoms with Gasteiger partial charge in [0.05, 0.1) is 11.9 Å². The molecule has 152 valence electrons. The van der Waals surface area contributed by atoms with Gasteiger partial charge in [-0.25, -0.2) is 8.42 Å². The number of anilines is 1. The maximum atomic E-state index is 12.6. The molecule has 0 radical (unpaired) electrons. The van der Waals surface area contributed by atoms with Gasteiger partial charge in [0.2, 0.25) is 10.0 Å². The molecule has 1 aromatic carbocycles. The highest BCUT2D eigenvalue weighted by atomic mass is 32.2. The van der Waals surface area contributed by atoms with Gasteiger partial charge in [-0.15, -0.1) is 0 Å². The molecule has 6 nitrogen and oxygen atoms in total. The van der Waals surface area contributed by atoms with Crippen molar-refractivity contribution in [1.82, 2.24) is 10.2 Å². The van der Waals surface area contributed by atoms with Gasteiger partial charge in [0.1, 0.15) is 0 Å². The van der Waals surface area contributed by atoms with Gasteiger partial charge in [0.15, 0.2) is 0 Å². The number of carbonyl (C=O) groups is 1. The predicted octanol–water partition coefficient (Wildman–Crippen LogP) is 2.85. The third kappa shape index (κ3) is 6.21. The summed E-state index contributed by atoms with van der Waals surface area (Å²) in [6.45, 7) is 13.3. The van der Waals surface area contributed by atoms with Gasteiger partial charge in [-0.2, -0.15) is 0 Å². The Bertz CT molecular complexity index is 780. The summed E-state index contributed by atoms with van der Waals surface area (Å²) in [5.74, 6) is 1.12. The summed E-state index contributed by atoms with van der Waals surface area (Å²) in [5.41, 5.74) is 1.51. The minimum atomic E-state index is -3.39. The van der Waals surface area contributed by atoms with E-state index in [0.29, 0.717) is 29.6 Å². The Hall–Kier alpha value is -1.60. The van der Waals surface area contributed by atoms with E-state index in [2.05, 4.69) is 42.6 Å².